The van der Waals surface area contributed by atoms with Crippen LogP contribution in [-0.4, -0.2) is 62.7 Å². The Bertz CT molecular complexity index is 816. The topological polar surface area (TPSA) is 78.7 Å². The second kappa shape index (κ2) is 8.07. The third-order valence-corrected chi connectivity index (χ3v) is 4.94. The number of aromatic carboxylic acids is 1. The molecule has 138 valence electrons. The number of rotatable bonds is 5. The Kier molecular flexibility index (Phi) is 5.80. The predicted molar refractivity (Wildman–Crippen MR) is 97.5 cm³/mol. The van der Waals surface area contributed by atoms with Crippen LogP contribution in [0.4, 0.5) is 0 Å². The fraction of sp³-hybridized carbons (Fsp3) is 0.353. The molecule has 3 rings (SSSR count). The smallest absolute Gasteiger partial charge is 0.354 e. The fourth-order valence-electron chi connectivity index (χ4n) is 2.91. The van der Waals surface area contributed by atoms with E-state index in [-0.39, 0.29) is 18.1 Å². The van der Waals surface area contributed by atoms with Crippen LogP contribution in [0.25, 0.3) is 0 Å². The molecule has 0 bridgehead atoms. The molecule has 0 spiro atoms. The third-order valence-electron chi connectivity index (χ3n) is 4.35. The van der Waals surface area contributed by atoms with E-state index in [4.69, 9.17) is 28.3 Å². The van der Waals surface area contributed by atoms with Crippen LogP contribution in [0.2, 0.25) is 10.0 Å². The number of piperazine rings is 1. The lowest BCUT2D eigenvalue weighted by atomic mass is 10.2. The third kappa shape index (κ3) is 4.35. The van der Waals surface area contributed by atoms with Crippen LogP contribution in [0.5, 0.6) is 0 Å². The standard InChI is InChI=1S/C17H18Cl2N4O3/c18-13-2-1-12(14(19)9-13)10-21-5-7-22(8-6-21)16(24)11-23-15(17(25)26)3-4-20-23/h1-4,9H,5-8,10-11H2,(H,25,26). The Morgan fingerprint density at radius 2 is 1.85 bits per heavy atom. The van der Waals surface area contributed by atoms with Crippen molar-refractivity contribution in [3.05, 3.63) is 51.8 Å². The van der Waals surface area contributed by atoms with Crippen molar-refractivity contribution in [1.82, 2.24) is 19.6 Å². The SMILES string of the molecule is O=C(O)c1ccnn1CC(=O)N1CCN(Cc2ccc(Cl)cc2Cl)CC1. The summed E-state index contributed by atoms with van der Waals surface area (Å²) in [6, 6.07) is 6.83. The van der Waals surface area contributed by atoms with Crippen LogP contribution in [0.3, 0.4) is 0 Å². The molecule has 2 heterocycles. The van der Waals surface area contributed by atoms with Gasteiger partial charge in [-0.15, -0.1) is 0 Å². The molecule has 0 atom stereocenters. The van der Waals surface area contributed by atoms with E-state index < -0.39 is 5.97 Å². The molecule has 0 aliphatic carbocycles. The molecule has 1 aromatic heterocycles. The summed E-state index contributed by atoms with van der Waals surface area (Å²) in [6.45, 7) is 3.21. The number of nitrogens with zero attached hydrogens (tertiary/aromatic N) is 4. The van der Waals surface area contributed by atoms with E-state index in [1.807, 2.05) is 12.1 Å². The highest BCUT2D eigenvalue weighted by molar-refractivity contribution is 6.35. The monoisotopic (exact) mass is 396 g/mol. The number of hydrogen-bond donors (Lipinski definition) is 1. The van der Waals surface area contributed by atoms with Crippen LogP contribution in [0, 0.1) is 0 Å². The number of aromatic nitrogens is 2. The molecule has 0 unspecified atom stereocenters. The largest absolute Gasteiger partial charge is 0.477 e. The number of carbonyl (C=O) groups excluding carboxylic acids is 1. The average molecular weight is 397 g/mol. The number of amides is 1. The number of hydrogen-bond acceptors (Lipinski definition) is 4. The van der Waals surface area contributed by atoms with Gasteiger partial charge in [0.25, 0.3) is 0 Å². The van der Waals surface area contributed by atoms with Gasteiger partial charge in [0.15, 0.2) is 0 Å². The lowest BCUT2D eigenvalue weighted by Gasteiger charge is -2.35. The first kappa shape index (κ1) is 18.7. The minimum atomic E-state index is -1.10. The molecule has 2 aromatic rings. The number of carbonyl (C=O) groups is 2. The summed E-state index contributed by atoms with van der Waals surface area (Å²) in [5, 5.41) is 14.2. The van der Waals surface area contributed by atoms with E-state index in [0.717, 1.165) is 18.7 Å². The van der Waals surface area contributed by atoms with Gasteiger partial charge in [-0.3, -0.25) is 9.69 Å². The number of carboxylic acids is 1. The molecule has 26 heavy (non-hydrogen) atoms. The van der Waals surface area contributed by atoms with Crippen molar-refractivity contribution in [2.45, 2.75) is 13.1 Å². The van der Waals surface area contributed by atoms with E-state index in [9.17, 15) is 9.59 Å². The number of carboxylic acid groups (broad SMARTS) is 1. The lowest BCUT2D eigenvalue weighted by molar-refractivity contribution is -0.133. The zero-order valence-corrected chi connectivity index (χ0v) is 15.4. The minimum absolute atomic E-state index is 0.00867. The van der Waals surface area contributed by atoms with Crippen LogP contribution < -0.4 is 0 Å². The highest BCUT2D eigenvalue weighted by Crippen LogP contribution is 2.22. The maximum Gasteiger partial charge on any atom is 0.354 e. The summed E-state index contributed by atoms with van der Waals surface area (Å²) in [4.78, 5) is 27.5. The molecule has 1 saturated heterocycles. The van der Waals surface area contributed by atoms with E-state index >= 15 is 0 Å². The van der Waals surface area contributed by atoms with E-state index in [0.29, 0.717) is 29.7 Å². The lowest BCUT2D eigenvalue weighted by Crippen LogP contribution is -2.49. The molecule has 1 aliphatic heterocycles. The quantitative estimate of drug-likeness (QED) is 0.837. The van der Waals surface area contributed by atoms with Crippen molar-refractivity contribution in [2.24, 2.45) is 0 Å². The van der Waals surface area contributed by atoms with Crippen molar-refractivity contribution in [2.75, 3.05) is 26.2 Å². The fourth-order valence-corrected chi connectivity index (χ4v) is 3.38. The van der Waals surface area contributed by atoms with Gasteiger partial charge < -0.3 is 10.0 Å². The van der Waals surface area contributed by atoms with E-state index in [1.54, 1.807) is 11.0 Å². The Labute approximate surface area is 160 Å². The molecule has 1 aromatic carbocycles. The van der Waals surface area contributed by atoms with Crippen LogP contribution in [-0.2, 0) is 17.9 Å². The Balaban J connectivity index is 1.54. The molecule has 1 fully saturated rings. The second-order valence-corrected chi connectivity index (χ2v) is 6.92. The van der Waals surface area contributed by atoms with Gasteiger partial charge in [0, 0.05) is 49.0 Å². The zero-order valence-electron chi connectivity index (χ0n) is 13.9. The highest BCUT2D eigenvalue weighted by Gasteiger charge is 2.23. The van der Waals surface area contributed by atoms with Gasteiger partial charge in [-0.2, -0.15) is 5.10 Å². The molecule has 0 radical (unpaired) electrons. The van der Waals surface area contributed by atoms with Crippen molar-refractivity contribution in [1.29, 1.82) is 0 Å². The molecular weight excluding hydrogens is 379 g/mol. The van der Waals surface area contributed by atoms with Crippen molar-refractivity contribution < 1.29 is 14.7 Å². The Hall–Kier alpha value is -2.09. The minimum Gasteiger partial charge on any atom is -0.477 e. The van der Waals surface area contributed by atoms with Gasteiger partial charge in [-0.25, -0.2) is 9.48 Å². The normalized spacial score (nSPS) is 15.2. The maximum atomic E-state index is 12.4. The van der Waals surface area contributed by atoms with E-state index in [1.165, 1.54) is 16.9 Å². The molecule has 1 N–H and O–H groups in total. The summed E-state index contributed by atoms with van der Waals surface area (Å²) in [5.41, 5.74) is 1.01. The second-order valence-electron chi connectivity index (χ2n) is 6.07. The van der Waals surface area contributed by atoms with E-state index in [2.05, 4.69) is 10.00 Å². The van der Waals surface area contributed by atoms with Gasteiger partial charge in [0.05, 0.1) is 0 Å². The van der Waals surface area contributed by atoms with Crippen molar-refractivity contribution in [3.63, 3.8) is 0 Å². The summed E-state index contributed by atoms with van der Waals surface area (Å²) < 4.78 is 1.21. The summed E-state index contributed by atoms with van der Waals surface area (Å²) in [6.07, 6.45) is 1.38. The van der Waals surface area contributed by atoms with Crippen molar-refractivity contribution in [3.8, 4) is 0 Å². The van der Waals surface area contributed by atoms with Crippen LogP contribution in [0.1, 0.15) is 16.1 Å². The van der Waals surface area contributed by atoms with Crippen molar-refractivity contribution >= 4 is 35.1 Å². The van der Waals surface area contributed by atoms with Gasteiger partial charge >= 0.3 is 5.97 Å². The van der Waals surface area contributed by atoms with Gasteiger partial charge in [-0.05, 0) is 23.8 Å². The predicted octanol–water partition coefficient (Wildman–Crippen LogP) is 2.23. The van der Waals surface area contributed by atoms with Crippen LogP contribution >= 0.6 is 23.2 Å². The maximum absolute atomic E-state index is 12.4. The summed E-state index contributed by atoms with van der Waals surface area (Å²) in [5.74, 6) is -1.24. The molecule has 9 heteroatoms. The molecule has 1 aliphatic rings. The van der Waals surface area contributed by atoms with Gasteiger partial charge in [-0.1, -0.05) is 29.3 Å². The summed E-state index contributed by atoms with van der Waals surface area (Å²) >= 11 is 12.1. The zero-order chi connectivity index (χ0) is 18.7. The number of benzene rings is 1. The summed E-state index contributed by atoms with van der Waals surface area (Å²) in [7, 11) is 0. The average Bonchev–Trinajstić information content (AvgIpc) is 3.06. The first-order valence-corrected chi connectivity index (χ1v) is 8.89. The molecule has 1 amide bonds. The molecule has 7 nitrogen and oxygen atoms in total. The first-order chi connectivity index (χ1) is 12.4. The first-order valence-electron chi connectivity index (χ1n) is 8.13. The van der Waals surface area contributed by atoms with Gasteiger partial charge in [0.2, 0.25) is 5.91 Å². The molecule has 0 saturated carbocycles. The molecular formula is C17H18Cl2N4O3. The highest BCUT2D eigenvalue weighted by atomic mass is 35.5. The Morgan fingerprint density at radius 1 is 1.12 bits per heavy atom. The number of halogens is 2. The Morgan fingerprint density at radius 3 is 2.50 bits per heavy atom. The van der Waals surface area contributed by atoms with Gasteiger partial charge in [0.1, 0.15) is 12.2 Å². The van der Waals surface area contributed by atoms with Crippen LogP contribution in [0.15, 0.2) is 30.5 Å².